The molecule has 0 saturated heterocycles. The standard InChI is InChI=1S/C10H8F2N2/c11-7-3-9-10(4-8(7)12)14(5-13-9)6-1-2-6/h3-6H,1-2H2. The van der Waals surface area contributed by atoms with E-state index < -0.39 is 11.6 Å². The Hall–Kier alpha value is -1.45. The Morgan fingerprint density at radius 1 is 1.21 bits per heavy atom. The normalized spacial score (nSPS) is 16.4. The van der Waals surface area contributed by atoms with Gasteiger partial charge in [0.15, 0.2) is 11.6 Å². The number of aromatic nitrogens is 2. The summed E-state index contributed by atoms with van der Waals surface area (Å²) in [7, 11) is 0. The lowest BCUT2D eigenvalue weighted by Crippen LogP contribution is -1.92. The summed E-state index contributed by atoms with van der Waals surface area (Å²) in [4.78, 5) is 4.04. The molecule has 0 spiro atoms. The van der Waals surface area contributed by atoms with Gasteiger partial charge in [0, 0.05) is 18.2 Å². The average molecular weight is 194 g/mol. The Morgan fingerprint density at radius 3 is 2.64 bits per heavy atom. The predicted octanol–water partition coefficient (Wildman–Crippen LogP) is 2.65. The van der Waals surface area contributed by atoms with E-state index in [4.69, 9.17) is 0 Å². The monoisotopic (exact) mass is 194 g/mol. The van der Waals surface area contributed by atoms with Crippen LogP contribution in [0.3, 0.4) is 0 Å². The first-order chi connectivity index (χ1) is 6.75. The van der Waals surface area contributed by atoms with Crippen LogP contribution in [-0.2, 0) is 0 Å². The van der Waals surface area contributed by atoms with E-state index in [1.54, 1.807) is 6.33 Å². The lowest BCUT2D eigenvalue weighted by atomic mass is 10.3. The van der Waals surface area contributed by atoms with Crippen molar-refractivity contribution in [3.8, 4) is 0 Å². The second-order valence-electron chi connectivity index (χ2n) is 3.64. The van der Waals surface area contributed by atoms with Gasteiger partial charge in [0.05, 0.1) is 17.4 Å². The second-order valence-corrected chi connectivity index (χ2v) is 3.64. The van der Waals surface area contributed by atoms with Crippen molar-refractivity contribution in [3.05, 3.63) is 30.1 Å². The van der Waals surface area contributed by atoms with Gasteiger partial charge >= 0.3 is 0 Å². The summed E-state index contributed by atoms with van der Waals surface area (Å²) in [5.74, 6) is -1.64. The van der Waals surface area contributed by atoms with Gasteiger partial charge in [0.25, 0.3) is 0 Å². The highest BCUT2D eigenvalue weighted by Gasteiger charge is 2.25. The number of nitrogens with zero attached hydrogens (tertiary/aromatic N) is 2. The van der Waals surface area contributed by atoms with E-state index in [1.807, 2.05) is 4.57 Å². The zero-order valence-corrected chi connectivity index (χ0v) is 7.37. The molecule has 14 heavy (non-hydrogen) atoms. The number of fused-ring (bicyclic) bond motifs is 1. The van der Waals surface area contributed by atoms with E-state index in [-0.39, 0.29) is 0 Å². The quantitative estimate of drug-likeness (QED) is 0.682. The van der Waals surface area contributed by atoms with Crippen LogP contribution in [-0.4, -0.2) is 9.55 Å². The van der Waals surface area contributed by atoms with Gasteiger partial charge in [-0.05, 0) is 12.8 Å². The van der Waals surface area contributed by atoms with Gasteiger partial charge in [-0.25, -0.2) is 13.8 Å². The fourth-order valence-electron chi connectivity index (χ4n) is 1.67. The Balaban J connectivity index is 2.29. The molecule has 0 atom stereocenters. The lowest BCUT2D eigenvalue weighted by Gasteiger charge is -2.00. The number of benzene rings is 1. The van der Waals surface area contributed by atoms with E-state index in [0.29, 0.717) is 17.1 Å². The third-order valence-corrected chi connectivity index (χ3v) is 2.56. The molecular formula is C10H8F2N2. The first-order valence-electron chi connectivity index (χ1n) is 4.57. The van der Waals surface area contributed by atoms with Gasteiger partial charge in [-0.1, -0.05) is 0 Å². The minimum absolute atomic E-state index is 0.435. The fraction of sp³-hybridized carbons (Fsp3) is 0.300. The molecule has 1 aliphatic carbocycles. The van der Waals surface area contributed by atoms with E-state index in [0.717, 1.165) is 18.9 Å². The van der Waals surface area contributed by atoms with Crippen molar-refractivity contribution >= 4 is 11.0 Å². The highest BCUT2D eigenvalue weighted by Crippen LogP contribution is 2.37. The first kappa shape index (κ1) is 7.91. The summed E-state index contributed by atoms with van der Waals surface area (Å²) in [5, 5.41) is 0. The van der Waals surface area contributed by atoms with Crippen LogP contribution in [0.2, 0.25) is 0 Å². The van der Waals surface area contributed by atoms with E-state index in [9.17, 15) is 8.78 Å². The van der Waals surface area contributed by atoms with Crippen molar-refractivity contribution in [1.82, 2.24) is 9.55 Å². The maximum Gasteiger partial charge on any atom is 0.161 e. The Labute approximate surface area is 79.2 Å². The van der Waals surface area contributed by atoms with Crippen LogP contribution in [0.25, 0.3) is 11.0 Å². The second kappa shape index (κ2) is 2.53. The maximum absolute atomic E-state index is 13.0. The van der Waals surface area contributed by atoms with Crippen LogP contribution in [0.4, 0.5) is 8.78 Å². The van der Waals surface area contributed by atoms with Crippen molar-refractivity contribution in [2.24, 2.45) is 0 Å². The van der Waals surface area contributed by atoms with Crippen molar-refractivity contribution in [2.45, 2.75) is 18.9 Å². The molecule has 0 radical (unpaired) electrons. The molecule has 1 saturated carbocycles. The maximum atomic E-state index is 13.0. The third-order valence-electron chi connectivity index (χ3n) is 2.56. The summed E-state index contributed by atoms with van der Waals surface area (Å²) in [6, 6.07) is 2.80. The molecule has 0 N–H and O–H groups in total. The van der Waals surface area contributed by atoms with E-state index >= 15 is 0 Å². The number of rotatable bonds is 1. The molecule has 1 aliphatic rings. The topological polar surface area (TPSA) is 17.8 Å². The largest absolute Gasteiger partial charge is 0.327 e. The summed E-state index contributed by atoms with van der Waals surface area (Å²) >= 11 is 0. The smallest absolute Gasteiger partial charge is 0.161 e. The summed E-state index contributed by atoms with van der Waals surface area (Å²) in [6.45, 7) is 0. The van der Waals surface area contributed by atoms with Crippen LogP contribution in [0.1, 0.15) is 18.9 Å². The third kappa shape index (κ3) is 1.03. The Bertz CT molecular complexity index is 500. The molecule has 4 heteroatoms. The molecule has 2 aromatic rings. The molecule has 72 valence electrons. The Kier molecular flexibility index (Phi) is 1.43. The molecule has 1 aromatic carbocycles. The summed E-state index contributed by atoms with van der Waals surface area (Å²) in [6.07, 6.45) is 3.86. The van der Waals surface area contributed by atoms with E-state index in [1.165, 1.54) is 6.07 Å². The van der Waals surface area contributed by atoms with Crippen LogP contribution in [0.15, 0.2) is 18.5 Å². The highest BCUT2D eigenvalue weighted by atomic mass is 19.2. The zero-order valence-electron chi connectivity index (χ0n) is 7.37. The highest BCUT2D eigenvalue weighted by molar-refractivity contribution is 5.75. The first-order valence-corrected chi connectivity index (χ1v) is 4.57. The van der Waals surface area contributed by atoms with Gasteiger partial charge in [0.2, 0.25) is 0 Å². The summed E-state index contributed by atoms with van der Waals surface area (Å²) < 4.78 is 27.7. The Morgan fingerprint density at radius 2 is 1.93 bits per heavy atom. The molecule has 1 fully saturated rings. The number of hydrogen-bond donors (Lipinski definition) is 0. The molecule has 0 unspecified atom stereocenters. The molecule has 0 bridgehead atoms. The minimum atomic E-state index is -0.835. The molecule has 1 aromatic heterocycles. The van der Waals surface area contributed by atoms with Gasteiger partial charge in [-0.3, -0.25) is 0 Å². The minimum Gasteiger partial charge on any atom is -0.327 e. The van der Waals surface area contributed by atoms with Crippen molar-refractivity contribution in [2.75, 3.05) is 0 Å². The fourth-order valence-corrected chi connectivity index (χ4v) is 1.67. The molecule has 0 aliphatic heterocycles. The van der Waals surface area contributed by atoms with Crippen molar-refractivity contribution in [1.29, 1.82) is 0 Å². The predicted molar refractivity (Wildman–Crippen MR) is 47.9 cm³/mol. The number of hydrogen-bond acceptors (Lipinski definition) is 1. The van der Waals surface area contributed by atoms with Gasteiger partial charge in [-0.15, -0.1) is 0 Å². The summed E-state index contributed by atoms with van der Waals surface area (Å²) in [5.41, 5.74) is 1.21. The molecule has 0 amide bonds. The van der Waals surface area contributed by atoms with Gasteiger partial charge in [0.1, 0.15) is 0 Å². The number of imidazole rings is 1. The zero-order chi connectivity index (χ0) is 9.71. The lowest BCUT2D eigenvalue weighted by molar-refractivity contribution is 0.510. The van der Waals surface area contributed by atoms with Gasteiger partial charge in [-0.2, -0.15) is 0 Å². The van der Waals surface area contributed by atoms with E-state index in [2.05, 4.69) is 4.98 Å². The molecule has 2 nitrogen and oxygen atoms in total. The van der Waals surface area contributed by atoms with Crippen molar-refractivity contribution in [3.63, 3.8) is 0 Å². The number of halogens is 2. The SMILES string of the molecule is Fc1cc2ncn(C3CC3)c2cc1F. The average Bonchev–Trinajstić information content (AvgIpc) is 2.91. The van der Waals surface area contributed by atoms with Crippen LogP contribution in [0, 0.1) is 11.6 Å². The molecule has 3 rings (SSSR count). The molecule has 1 heterocycles. The molecular weight excluding hydrogens is 186 g/mol. The van der Waals surface area contributed by atoms with Crippen LogP contribution >= 0.6 is 0 Å². The van der Waals surface area contributed by atoms with Crippen LogP contribution in [0.5, 0.6) is 0 Å². The van der Waals surface area contributed by atoms with Crippen molar-refractivity contribution < 1.29 is 8.78 Å². The van der Waals surface area contributed by atoms with Gasteiger partial charge < -0.3 is 4.57 Å². The van der Waals surface area contributed by atoms with Crippen LogP contribution < -0.4 is 0 Å².